The average molecular weight is 323 g/mol. The monoisotopic (exact) mass is 323 g/mol. The summed E-state index contributed by atoms with van der Waals surface area (Å²) in [7, 11) is 0. The van der Waals surface area contributed by atoms with Crippen LogP contribution in [0.2, 0.25) is 0 Å². The average Bonchev–Trinajstić information content (AvgIpc) is 2.46. The van der Waals surface area contributed by atoms with E-state index < -0.39 is 11.9 Å². The van der Waals surface area contributed by atoms with Crippen molar-refractivity contribution in [2.45, 2.75) is 90.4 Å². The van der Waals surface area contributed by atoms with Gasteiger partial charge in [0.15, 0.2) is 0 Å². The van der Waals surface area contributed by atoms with Crippen LogP contribution in [0.25, 0.3) is 0 Å². The molecule has 0 aliphatic rings. The molecule has 4 nitrogen and oxygen atoms in total. The molecule has 0 aromatic rings. The molecule has 5 heteroatoms. The van der Waals surface area contributed by atoms with Gasteiger partial charge in [0.05, 0.1) is 19.4 Å². The van der Waals surface area contributed by atoms with Crippen LogP contribution in [0.5, 0.6) is 0 Å². The predicted molar refractivity (Wildman–Crippen MR) is 90.0 cm³/mol. The minimum absolute atomic E-state index is 0. The van der Waals surface area contributed by atoms with E-state index in [9.17, 15) is 9.59 Å². The molecule has 0 atom stereocenters. The van der Waals surface area contributed by atoms with Crippen molar-refractivity contribution in [3.8, 4) is 0 Å². The first-order chi connectivity index (χ1) is 10.2. The van der Waals surface area contributed by atoms with E-state index in [-0.39, 0.29) is 42.4 Å². The number of hydrogen-bond acceptors (Lipinski definition) is 3. The van der Waals surface area contributed by atoms with Crippen molar-refractivity contribution in [3.05, 3.63) is 0 Å². The Hall–Kier alpha value is -0.0600. The van der Waals surface area contributed by atoms with Crippen molar-refractivity contribution in [1.29, 1.82) is 0 Å². The van der Waals surface area contributed by atoms with Gasteiger partial charge in [-0.15, -0.1) is 0 Å². The smallest absolute Gasteiger partial charge is 0.306 e. The van der Waals surface area contributed by atoms with Crippen LogP contribution < -0.4 is 0 Å². The van der Waals surface area contributed by atoms with Crippen LogP contribution in [-0.2, 0) is 14.3 Å². The van der Waals surface area contributed by atoms with Gasteiger partial charge in [-0.2, -0.15) is 0 Å². The van der Waals surface area contributed by atoms with Crippen LogP contribution in [0.15, 0.2) is 0 Å². The van der Waals surface area contributed by atoms with E-state index in [4.69, 9.17) is 9.84 Å². The number of esters is 1. The van der Waals surface area contributed by atoms with Crippen LogP contribution >= 0.6 is 0 Å². The third-order valence-corrected chi connectivity index (χ3v) is 3.55. The Labute approximate surface area is 157 Å². The number of unbranched alkanes of at least 4 members (excludes halogenated alkanes) is 10. The second-order valence-electron chi connectivity index (χ2n) is 5.65. The molecule has 0 aliphatic heterocycles. The Morgan fingerprint density at radius 2 is 1.23 bits per heavy atom. The first-order valence-corrected chi connectivity index (χ1v) is 8.54. The Morgan fingerprint density at radius 3 is 1.68 bits per heavy atom. The van der Waals surface area contributed by atoms with Gasteiger partial charge >= 0.3 is 11.9 Å². The van der Waals surface area contributed by atoms with E-state index in [1.54, 1.807) is 0 Å². The zero-order valence-electron chi connectivity index (χ0n) is 14.6. The minimum Gasteiger partial charge on any atom is -0.481 e. The number of carbonyl (C=O) groups is 2. The van der Waals surface area contributed by atoms with Crippen molar-refractivity contribution in [2.75, 3.05) is 6.61 Å². The largest absolute Gasteiger partial charge is 0.481 e. The molecule has 0 saturated heterocycles. The number of carboxylic acids is 1. The van der Waals surface area contributed by atoms with Gasteiger partial charge < -0.3 is 9.84 Å². The van der Waals surface area contributed by atoms with Crippen LogP contribution in [0.4, 0.5) is 0 Å². The summed E-state index contributed by atoms with van der Waals surface area (Å²) in [5.41, 5.74) is 0. The summed E-state index contributed by atoms with van der Waals surface area (Å²) in [5.74, 6) is -1.36. The number of ether oxygens (including phenoxy) is 1. The van der Waals surface area contributed by atoms with E-state index in [0.29, 0.717) is 6.61 Å². The Balaban J connectivity index is 0. The zero-order valence-corrected chi connectivity index (χ0v) is 16.6. The van der Waals surface area contributed by atoms with Crippen molar-refractivity contribution >= 4 is 41.5 Å². The van der Waals surface area contributed by atoms with Gasteiger partial charge in [-0.05, 0) is 6.42 Å². The standard InChI is InChI=1S/C17H32O4.Na/c1-2-3-4-5-6-7-8-9-10-11-12-15-21-17(20)14-13-16(18)19;/h2-15H2,1H3,(H,18,19);. The zero-order chi connectivity index (χ0) is 15.8. The van der Waals surface area contributed by atoms with E-state index in [1.165, 1.54) is 57.8 Å². The van der Waals surface area contributed by atoms with Gasteiger partial charge in [-0.1, -0.05) is 71.1 Å². The van der Waals surface area contributed by atoms with Crippen molar-refractivity contribution in [1.82, 2.24) is 0 Å². The molecule has 1 radical (unpaired) electrons. The number of rotatable bonds is 15. The molecule has 22 heavy (non-hydrogen) atoms. The quantitative estimate of drug-likeness (QED) is 0.277. The third-order valence-electron chi connectivity index (χ3n) is 3.55. The SMILES string of the molecule is CCCCCCCCCCCCCOC(=O)CCC(=O)O.[Na]. The number of aliphatic carboxylic acids is 1. The Kier molecular flexibility index (Phi) is 20.9. The van der Waals surface area contributed by atoms with Crippen molar-refractivity contribution in [3.63, 3.8) is 0 Å². The predicted octanol–water partition coefficient (Wildman–Crippen LogP) is 4.32. The van der Waals surface area contributed by atoms with Crippen LogP contribution in [0.1, 0.15) is 90.4 Å². The molecule has 0 aromatic carbocycles. The molecule has 0 saturated carbocycles. The molecular formula is C17H32NaO4. The van der Waals surface area contributed by atoms with Crippen molar-refractivity contribution in [2.24, 2.45) is 0 Å². The molecular weight excluding hydrogens is 291 g/mol. The topological polar surface area (TPSA) is 63.6 Å². The summed E-state index contributed by atoms with van der Waals surface area (Å²) >= 11 is 0. The molecule has 0 unspecified atom stereocenters. The molecule has 0 spiro atoms. The molecule has 0 heterocycles. The fourth-order valence-electron chi connectivity index (χ4n) is 2.23. The second kappa shape index (κ2) is 19.0. The van der Waals surface area contributed by atoms with Gasteiger partial charge in [-0.3, -0.25) is 9.59 Å². The minimum atomic E-state index is -0.957. The number of carbonyl (C=O) groups excluding carboxylic acids is 1. The Morgan fingerprint density at radius 1 is 0.773 bits per heavy atom. The summed E-state index contributed by atoms with van der Waals surface area (Å²) in [6.45, 7) is 2.67. The summed E-state index contributed by atoms with van der Waals surface area (Å²) in [5, 5.41) is 8.43. The summed E-state index contributed by atoms with van der Waals surface area (Å²) in [4.78, 5) is 21.4. The fraction of sp³-hybridized carbons (Fsp3) is 0.882. The van der Waals surface area contributed by atoms with Crippen LogP contribution in [0.3, 0.4) is 0 Å². The van der Waals surface area contributed by atoms with Crippen molar-refractivity contribution < 1.29 is 19.4 Å². The van der Waals surface area contributed by atoms with Gasteiger partial charge in [0, 0.05) is 29.6 Å². The molecule has 0 aliphatic carbocycles. The molecule has 0 amide bonds. The Bertz CT molecular complexity index is 269. The maximum absolute atomic E-state index is 11.1. The van der Waals surface area contributed by atoms with E-state index in [1.807, 2.05) is 0 Å². The van der Waals surface area contributed by atoms with Gasteiger partial charge in [0.1, 0.15) is 0 Å². The number of carboxylic acid groups (broad SMARTS) is 1. The first-order valence-electron chi connectivity index (χ1n) is 8.54. The maximum Gasteiger partial charge on any atom is 0.306 e. The molecule has 0 aromatic heterocycles. The molecule has 125 valence electrons. The second-order valence-corrected chi connectivity index (χ2v) is 5.65. The van der Waals surface area contributed by atoms with Gasteiger partial charge in [-0.25, -0.2) is 0 Å². The van der Waals surface area contributed by atoms with Crippen LogP contribution in [0, 0.1) is 0 Å². The normalized spacial score (nSPS) is 10.0. The molecule has 0 bridgehead atoms. The maximum atomic E-state index is 11.1. The summed E-state index contributed by atoms with van der Waals surface area (Å²) in [6, 6.07) is 0. The van der Waals surface area contributed by atoms with E-state index >= 15 is 0 Å². The van der Waals surface area contributed by atoms with Crippen LogP contribution in [-0.4, -0.2) is 53.2 Å². The fourth-order valence-corrected chi connectivity index (χ4v) is 2.23. The van der Waals surface area contributed by atoms with Gasteiger partial charge in [0.25, 0.3) is 0 Å². The summed E-state index contributed by atoms with van der Waals surface area (Å²) in [6.07, 6.45) is 13.7. The molecule has 0 fully saturated rings. The van der Waals surface area contributed by atoms with Gasteiger partial charge in [0.2, 0.25) is 0 Å². The van der Waals surface area contributed by atoms with E-state index in [0.717, 1.165) is 12.8 Å². The molecule has 0 rings (SSSR count). The third kappa shape index (κ3) is 19.9. The first kappa shape index (κ1) is 24.2. The molecule has 1 N–H and O–H groups in total. The summed E-state index contributed by atoms with van der Waals surface area (Å²) < 4.78 is 4.97. The number of hydrogen-bond donors (Lipinski definition) is 1. The van der Waals surface area contributed by atoms with E-state index in [2.05, 4.69) is 6.92 Å².